The molecule has 84 valence electrons. The van der Waals surface area contributed by atoms with Crippen LogP contribution in [-0.2, 0) is 0 Å². The standard InChI is InChI=1S/C9H15N3O2S/c10-4-2-1-3-6(11)8-12-7(5-15-8)9(13)14/h5-6H,1-4,10-11H2,(H,13,14)/t6-/m0/s1. The molecule has 0 amide bonds. The van der Waals surface area contributed by atoms with Crippen LogP contribution in [0.15, 0.2) is 5.38 Å². The number of hydrogen-bond donors (Lipinski definition) is 3. The predicted molar refractivity (Wildman–Crippen MR) is 58.9 cm³/mol. The Morgan fingerprint density at radius 2 is 2.33 bits per heavy atom. The first-order valence-corrected chi connectivity index (χ1v) is 5.67. The maximum atomic E-state index is 10.6. The van der Waals surface area contributed by atoms with Gasteiger partial charge in [-0.3, -0.25) is 0 Å². The Hall–Kier alpha value is -0.980. The minimum atomic E-state index is -1.01. The third-order valence-corrected chi connectivity index (χ3v) is 3.00. The van der Waals surface area contributed by atoms with E-state index in [2.05, 4.69) is 4.98 Å². The molecule has 1 atom stereocenters. The fourth-order valence-corrected chi connectivity index (χ4v) is 2.02. The van der Waals surface area contributed by atoms with Crippen LogP contribution in [0, 0.1) is 0 Å². The number of hydrogen-bond acceptors (Lipinski definition) is 5. The number of carboxylic acids is 1. The van der Waals surface area contributed by atoms with Crippen LogP contribution in [0.1, 0.15) is 40.8 Å². The summed E-state index contributed by atoms with van der Waals surface area (Å²) in [6.07, 6.45) is 2.67. The van der Waals surface area contributed by atoms with E-state index in [4.69, 9.17) is 16.6 Å². The zero-order chi connectivity index (χ0) is 11.3. The van der Waals surface area contributed by atoms with Crippen molar-refractivity contribution in [1.29, 1.82) is 0 Å². The highest BCUT2D eigenvalue weighted by Gasteiger charge is 2.13. The van der Waals surface area contributed by atoms with Crippen LogP contribution >= 0.6 is 11.3 Å². The van der Waals surface area contributed by atoms with Gasteiger partial charge in [-0.2, -0.15) is 0 Å². The molecular formula is C9H15N3O2S. The summed E-state index contributed by atoms with van der Waals surface area (Å²) in [6, 6.07) is -0.172. The van der Waals surface area contributed by atoms with Gasteiger partial charge in [0.25, 0.3) is 0 Å². The van der Waals surface area contributed by atoms with Crippen molar-refractivity contribution in [2.45, 2.75) is 25.3 Å². The Morgan fingerprint density at radius 1 is 1.60 bits per heavy atom. The molecule has 1 rings (SSSR count). The molecule has 0 radical (unpaired) electrons. The maximum absolute atomic E-state index is 10.6. The minimum absolute atomic E-state index is 0.0734. The number of carbonyl (C=O) groups is 1. The van der Waals surface area contributed by atoms with Gasteiger partial charge < -0.3 is 16.6 Å². The molecule has 1 heterocycles. The van der Waals surface area contributed by atoms with Crippen molar-refractivity contribution in [1.82, 2.24) is 4.98 Å². The van der Waals surface area contributed by atoms with Crippen LogP contribution in [0.5, 0.6) is 0 Å². The summed E-state index contributed by atoms with van der Waals surface area (Å²) in [5, 5.41) is 10.9. The lowest BCUT2D eigenvalue weighted by atomic mass is 10.1. The molecule has 0 aliphatic heterocycles. The van der Waals surface area contributed by atoms with Crippen LogP contribution in [0.2, 0.25) is 0 Å². The molecule has 6 heteroatoms. The van der Waals surface area contributed by atoms with Gasteiger partial charge in [0, 0.05) is 5.38 Å². The van der Waals surface area contributed by atoms with Gasteiger partial charge in [0.1, 0.15) is 5.01 Å². The first-order chi connectivity index (χ1) is 7.15. The number of carboxylic acid groups (broad SMARTS) is 1. The quantitative estimate of drug-likeness (QED) is 0.631. The zero-order valence-corrected chi connectivity index (χ0v) is 9.17. The molecule has 0 saturated heterocycles. The molecule has 0 bridgehead atoms. The molecule has 0 aromatic carbocycles. The van der Waals surface area contributed by atoms with Crippen molar-refractivity contribution in [3.8, 4) is 0 Å². The van der Waals surface area contributed by atoms with Gasteiger partial charge in [0.15, 0.2) is 5.69 Å². The van der Waals surface area contributed by atoms with Crippen LogP contribution in [0.3, 0.4) is 0 Å². The maximum Gasteiger partial charge on any atom is 0.355 e. The van der Waals surface area contributed by atoms with E-state index in [0.717, 1.165) is 19.3 Å². The van der Waals surface area contributed by atoms with Crippen molar-refractivity contribution in [2.24, 2.45) is 11.5 Å². The molecule has 0 saturated carbocycles. The average Bonchev–Trinajstić information content (AvgIpc) is 2.66. The fraction of sp³-hybridized carbons (Fsp3) is 0.556. The van der Waals surface area contributed by atoms with E-state index < -0.39 is 5.97 Å². The molecule has 1 aromatic rings. The summed E-state index contributed by atoms with van der Waals surface area (Å²) in [6.45, 7) is 0.658. The third kappa shape index (κ3) is 3.58. The second-order valence-electron chi connectivity index (χ2n) is 3.27. The lowest BCUT2D eigenvalue weighted by Crippen LogP contribution is -2.11. The summed E-state index contributed by atoms with van der Waals surface area (Å²) in [5.41, 5.74) is 11.3. The summed E-state index contributed by atoms with van der Waals surface area (Å²) >= 11 is 1.30. The number of thiazole rings is 1. The highest BCUT2D eigenvalue weighted by molar-refractivity contribution is 7.09. The predicted octanol–water partition coefficient (Wildman–Crippen LogP) is 0.970. The van der Waals surface area contributed by atoms with Crippen LogP contribution < -0.4 is 11.5 Å². The number of nitrogens with two attached hydrogens (primary N) is 2. The van der Waals surface area contributed by atoms with E-state index in [0.29, 0.717) is 11.6 Å². The Labute approximate surface area is 92.1 Å². The van der Waals surface area contributed by atoms with Crippen LogP contribution in [0.25, 0.3) is 0 Å². The largest absolute Gasteiger partial charge is 0.476 e. The number of unbranched alkanes of at least 4 members (excludes halogenated alkanes) is 1. The second-order valence-corrected chi connectivity index (χ2v) is 4.16. The summed E-state index contributed by atoms with van der Waals surface area (Å²) in [7, 11) is 0. The molecule has 0 aliphatic rings. The lowest BCUT2D eigenvalue weighted by Gasteiger charge is -2.06. The van der Waals surface area contributed by atoms with Crippen molar-refractivity contribution < 1.29 is 9.90 Å². The molecule has 0 spiro atoms. The molecule has 0 aliphatic carbocycles. The second kappa shape index (κ2) is 5.79. The van der Waals surface area contributed by atoms with Crippen molar-refractivity contribution in [2.75, 3.05) is 6.54 Å². The van der Waals surface area contributed by atoms with E-state index in [1.165, 1.54) is 16.7 Å². The zero-order valence-electron chi connectivity index (χ0n) is 8.35. The SMILES string of the molecule is NCCCC[C@H](N)c1nc(C(=O)O)cs1. The number of aromatic nitrogens is 1. The summed E-state index contributed by atoms with van der Waals surface area (Å²) in [5.74, 6) is -1.01. The van der Waals surface area contributed by atoms with Gasteiger partial charge in [-0.05, 0) is 19.4 Å². The van der Waals surface area contributed by atoms with Crippen LogP contribution in [-0.4, -0.2) is 22.6 Å². The van der Waals surface area contributed by atoms with E-state index in [1.807, 2.05) is 0 Å². The van der Waals surface area contributed by atoms with Crippen LogP contribution in [0.4, 0.5) is 0 Å². The van der Waals surface area contributed by atoms with Gasteiger partial charge in [-0.1, -0.05) is 6.42 Å². The Morgan fingerprint density at radius 3 is 2.87 bits per heavy atom. The summed E-state index contributed by atoms with van der Waals surface area (Å²) < 4.78 is 0. The number of nitrogens with zero attached hydrogens (tertiary/aromatic N) is 1. The molecular weight excluding hydrogens is 214 g/mol. The third-order valence-electron chi connectivity index (χ3n) is 2.03. The first-order valence-electron chi connectivity index (χ1n) is 4.79. The summed E-state index contributed by atoms with van der Waals surface area (Å²) in [4.78, 5) is 14.5. The smallest absolute Gasteiger partial charge is 0.355 e. The number of rotatable bonds is 6. The van der Waals surface area contributed by atoms with Crippen molar-refractivity contribution in [3.05, 3.63) is 16.1 Å². The Kier molecular flexibility index (Phi) is 4.67. The molecule has 1 aromatic heterocycles. The Bertz CT molecular complexity index is 327. The minimum Gasteiger partial charge on any atom is -0.476 e. The average molecular weight is 229 g/mol. The van der Waals surface area contributed by atoms with Crippen molar-refractivity contribution >= 4 is 17.3 Å². The highest BCUT2D eigenvalue weighted by atomic mass is 32.1. The van der Waals surface area contributed by atoms with Crippen molar-refractivity contribution in [3.63, 3.8) is 0 Å². The first kappa shape index (κ1) is 12.1. The van der Waals surface area contributed by atoms with Gasteiger partial charge >= 0.3 is 5.97 Å². The van der Waals surface area contributed by atoms with E-state index in [1.54, 1.807) is 0 Å². The lowest BCUT2D eigenvalue weighted by molar-refractivity contribution is 0.0691. The van der Waals surface area contributed by atoms with Gasteiger partial charge in [-0.15, -0.1) is 11.3 Å². The monoisotopic (exact) mass is 229 g/mol. The van der Waals surface area contributed by atoms with Gasteiger partial charge in [0.2, 0.25) is 0 Å². The molecule has 0 unspecified atom stereocenters. The molecule has 5 N–H and O–H groups in total. The van der Waals surface area contributed by atoms with Gasteiger partial charge in [-0.25, -0.2) is 9.78 Å². The highest BCUT2D eigenvalue weighted by Crippen LogP contribution is 2.20. The molecule has 5 nitrogen and oxygen atoms in total. The van der Waals surface area contributed by atoms with Gasteiger partial charge in [0.05, 0.1) is 6.04 Å². The normalized spacial score (nSPS) is 12.7. The molecule has 15 heavy (non-hydrogen) atoms. The fourth-order valence-electron chi connectivity index (χ4n) is 1.19. The van der Waals surface area contributed by atoms with E-state index in [9.17, 15) is 4.79 Å². The molecule has 0 fully saturated rings. The topological polar surface area (TPSA) is 102 Å². The number of aromatic carboxylic acids is 1. The van der Waals surface area contributed by atoms with E-state index in [-0.39, 0.29) is 11.7 Å². The van der Waals surface area contributed by atoms with E-state index >= 15 is 0 Å². The Balaban J connectivity index is 2.50.